The molecule has 1 aromatic carbocycles. The molecule has 2 N–H and O–H groups in total. The summed E-state index contributed by atoms with van der Waals surface area (Å²) < 4.78 is 1.29. The lowest BCUT2D eigenvalue weighted by Gasteiger charge is -2.03. The van der Waals surface area contributed by atoms with Crippen LogP contribution in [0.25, 0.3) is 0 Å². The molecule has 1 aromatic rings. The Balaban J connectivity index is 2.90. The van der Waals surface area contributed by atoms with Crippen LogP contribution < -0.4 is 5.73 Å². The molecule has 2 heteroatoms. The Bertz CT molecular complexity index is 245. The van der Waals surface area contributed by atoms with Gasteiger partial charge in [0.2, 0.25) is 0 Å². The molecule has 0 aromatic heterocycles. The molecule has 1 nitrogen and oxygen atoms in total. The first kappa shape index (κ1) is 9.00. The SMILES string of the molecule is Cc1cc(I)ccc1CCN. The highest BCUT2D eigenvalue weighted by Crippen LogP contribution is 2.12. The van der Waals surface area contributed by atoms with Crippen molar-refractivity contribution in [1.29, 1.82) is 0 Å². The van der Waals surface area contributed by atoms with Gasteiger partial charge in [0.15, 0.2) is 0 Å². The number of hydrogen-bond acceptors (Lipinski definition) is 1. The molecule has 0 heterocycles. The Morgan fingerprint density at radius 3 is 2.73 bits per heavy atom. The monoisotopic (exact) mass is 261 g/mol. The van der Waals surface area contributed by atoms with E-state index in [0.717, 1.165) is 13.0 Å². The van der Waals surface area contributed by atoms with Gasteiger partial charge in [0.05, 0.1) is 0 Å². The molecule has 0 amide bonds. The van der Waals surface area contributed by atoms with E-state index in [0.29, 0.717) is 0 Å². The summed E-state index contributed by atoms with van der Waals surface area (Å²) in [4.78, 5) is 0. The summed E-state index contributed by atoms with van der Waals surface area (Å²) in [6.45, 7) is 2.87. The van der Waals surface area contributed by atoms with Gasteiger partial charge in [0.25, 0.3) is 0 Å². The van der Waals surface area contributed by atoms with Gasteiger partial charge in [-0.2, -0.15) is 0 Å². The third-order valence-corrected chi connectivity index (χ3v) is 2.39. The van der Waals surface area contributed by atoms with E-state index >= 15 is 0 Å². The highest BCUT2D eigenvalue weighted by atomic mass is 127. The van der Waals surface area contributed by atoms with Crippen LogP contribution in [0.5, 0.6) is 0 Å². The molecule has 0 aliphatic carbocycles. The fraction of sp³-hybridized carbons (Fsp3) is 0.333. The molecule has 0 saturated carbocycles. The molecule has 0 spiro atoms. The third kappa shape index (κ3) is 2.45. The van der Waals surface area contributed by atoms with E-state index < -0.39 is 0 Å². The zero-order valence-electron chi connectivity index (χ0n) is 6.60. The molecule has 11 heavy (non-hydrogen) atoms. The lowest BCUT2D eigenvalue weighted by Crippen LogP contribution is -2.03. The normalized spacial score (nSPS) is 10.1. The summed E-state index contributed by atoms with van der Waals surface area (Å²) in [6, 6.07) is 6.47. The van der Waals surface area contributed by atoms with Crippen LogP contribution in [0.3, 0.4) is 0 Å². The second-order valence-electron chi connectivity index (χ2n) is 2.61. The average molecular weight is 261 g/mol. The first-order chi connectivity index (χ1) is 5.24. The maximum absolute atomic E-state index is 5.47. The molecule has 0 aliphatic rings. The van der Waals surface area contributed by atoms with Crippen LogP contribution in [0, 0.1) is 10.5 Å². The van der Waals surface area contributed by atoms with Crippen molar-refractivity contribution in [2.45, 2.75) is 13.3 Å². The second kappa shape index (κ2) is 4.07. The number of benzene rings is 1. The average Bonchev–Trinajstić information content (AvgIpc) is 1.95. The smallest absolute Gasteiger partial charge is 0.0133 e. The molecule has 60 valence electrons. The predicted octanol–water partition coefficient (Wildman–Crippen LogP) is 2.10. The van der Waals surface area contributed by atoms with Gasteiger partial charge < -0.3 is 5.73 Å². The summed E-state index contributed by atoms with van der Waals surface area (Å²) >= 11 is 2.32. The van der Waals surface area contributed by atoms with Crippen LogP contribution >= 0.6 is 22.6 Å². The Hall–Kier alpha value is -0.0900. The van der Waals surface area contributed by atoms with Crippen LogP contribution in [0.1, 0.15) is 11.1 Å². The Kier molecular flexibility index (Phi) is 3.33. The molecule has 0 radical (unpaired) electrons. The fourth-order valence-corrected chi connectivity index (χ4v) is 1.74. The van der Waals surface area contributed by atoms with Crippen molar-refractivity contribution in [3.05, 3.63) is 32.9 Å². The molecular formula is C9H12IN. The summed E-state index contributed by atoms with van der Waals surface area (Å²) in [5, 5.41) is 0. The van der Waals surface area contributed by atoms with Gasteiger partial charge in [-0.05, 0) is 65.7 Å². The van der Waals surface area contributed by atoms with E-state index in [1.807, 2.05) is 0 Å². The maximum atomic E-state index is 5.47. The lowest BCUT2D eigenvalue weighted by molar-refractivity contribution is 0.957. The van der Waals surface area contributed by atoms with Crippen LogP contribution in [-0.4, -0.2) is 6.54 Å². The first-order valence-corrected chi connectivity index (χ1v) is 4.77. The van der Waals surface area contributed by atoms with Gasteiger partial charge >= 0.3 is 0 Å². The minimum atomic E-state index is 0.738. The van der Waals surface area contributed by atoms with Gasteiger partial charge in [-0.25, -0.2) is 0 Å². The molecule has 0 aliphatic heterocycles. The van der Waals surface area contributed by atoms with Crippen LogP contribution in [0.2, 0.25) is 0 Å². The van der Waals surface area contributed by atoms with Crippen LogP contribution in [-0.2, 0) is 6.42 Å². The lowest BCUT2D eigenvalue weighted by atomic mass is 10.1. The van der Waals surface area contributed by atoms with E-state index in [9.17, 15) is 0 Å². The summed E-state index contributed by atoms with van der Waals surface area (Å²) in [7, 11) is 0. The Morgan fingerprint density at radius 2 is 2.18 bits per heavy atom. The number of aryl methyl sites for hydroxylation is 1. The van der Waals surface area contributed by atoms with Crippen LogP contribution in [0.4, 0.5) is 0 Å². The number of nitrogens with two attached hydrogens (primary N) is 1. The van der Waals surface area contributed by atoms with E-state index in [2.05, 4.69) is 47.7 Å². The number of halogens is 1. The largest absolute Gasteiger partial charge is 0.330 e. The van der Waals surface area contributed by atoms with Gasteiger partial charge in [-0.1, -0.05) is 6.07 Å². The minimum absolute atomic E-state index is 0.738. The molecular weight excluding hydrogens is 249 g/mol. The predicted molar refractivity (Wildman–Crippen MR) is 56.7 cm³/mol. The topological polar surface area (TPSA) is 26.0 Å². The van der Waals surface area contributed by atoms with Gasteiger partial charge in [-0.15, -0.1) is 0 Å². The summed E-state index contributed by atoms with van der Waals surface area (Å²) in [5.74, 6) is 0. The summed E-state index contributed by atoms with van der Waals surface area (Å²) in [5.41, 5.74) is 8.18. The van der Waals surface area contributed by atoms with Crippen molar-refractivity contribution in [1.82, 2.24) is 0 Å². The quantitative estimate of drug-likeness (QED) is 0.810. The van der Waals surface area contributed by atoms with Crippen molar-refractivity contribution in [3.8, 4) is 0 Å². The third-order valence-electron chi connectivity index (χ3n) is 1.72. The highest BCUT2D eigenvalue weighted by molar-refractivity contribution is 14.1. The second-order valence-corrected chi connectivity index (χ2v) is 3.86. The zero-order chi connectivity index (χ0) is 8.27. The van der Waals surface area contributed by atoms with Gasteiger partial charge in [0.1, 0.15) is 0 Å². The maximum Gasteiger partial charge on any atom is 0.0133 e. The van der Waals surface area contributed by atoms with Crippen molar-refractivity contribution in [2.75, 3.05) is 6.54 Å². The van der Waals surface area contributed by atoms with Crippen molar-refractivity contribution >= 4 is 22.6 Å². The van der Waals surface area contributed by atoms with E-state index in [-0.39, 0.29) is 0 Å². The van der Waals surface area contributed by atoms with Crippen LogP contribution in [0.15, 0.2) is 18.2 Å². The molecule has 0 bridgehead atoms. The Labute approximate surface area is 81.1 Å². The van der Waals surface area contributed by atoms with E-state index in [4.69, 9.17) is 5.73 Å². The van der Waals surface area contributed by atoms with Crippen molar-refractivity contribution in [2.24, 2.45) is 5.73 Å². The fourth-order valence-electron chi connectivity index (χ4n) is 1.10. The van der Waals surface area contributed by atoms with E-state index in [1.54, 1.807) is 0 Å². The van der Waals surface area contributed by atoms with Crippen molar-refractivity contribution < 1.29 is 0 Å². The summed E-state index contributed by atoms with van der Waals surface area (Å²) in [6.07, 6.45) is 0.989. The van der Waals surface area contributed by atoms with Crippen molar-refractivity contribution in [3.63, 3.8) is 0 Å². The molecule has 0 saturated heterocycles. The minimum Gasteiger partial charge on any atom is -0.330 e. The number of rotatable bonds is 2. The molecule has 0 atom stereocenters. The Morgan fingerprint density at radius 1 is 1.45 bits per heavy atom. The molecule has 1 rings (SSSR count). The van der Waals surface area contributed by atoms with Gasteiger partial charge in [-0.3, -0.25) is 0 Å². The standard InChI is InChI=1S/C9H12IN/c1-7-6-9(10)3-2-8(7)4-5-11/h2-3,6H,4-5,11H2,1H3. The number of hydrogen-bond donors (Lipinski definition) is 1. The zero-order valence-corrected chi connectivity index (χ0v) is 8.76. The van der Waals surface area contributed by atoms with Gasteiger partial charge in [0, 0.05) is 3.57 Å². The molecule has 0 fully saturated rings. The van der Waals surface area contributed by atoms with E-state index in [1.165, 1.54) is 14.7 Å². The first-order valence-electron chi connectivity index (χ1n) is 3.69. The molecule has 0 unspecified atom stereocenters. The highest BCUT2D eigenvalue weighted by Gasteiger charge is 1.96.